The summed E-state index contributed by atoms with van der Waals surface area (Å²) in [5.74, 6) is 0.413. The minimum Gasteiger partial charge on any atom is -0.494 e. The molecule has 5 nitrogen and oxygen atoms in total. The highest BCUT2D eigenvalue weighted by atomic mass is 16.5. The van der Waals surface area contributed by atoms with Gasteiger partial charge in [-0.05, 0) is 83.6 Å². The monoisotopic (exact) mass is 749 g/mol. The summed E-state index contributed by atoms with van der Waals surface area (Å²) < 4.78 is 17.3. The SMILES string of the molecule is CCCCCCCCCCCCCCCCCCOc1ccc(-c2ccc(C(=O)Oc3ccc4cc([C@H](C)C(=O)OCCCCCC)ccc4c3)cc2)cc1. The lowest BCUT2D eigenvalue weighted by Gasteiger charge is -2.13. The first kappa shape index (κ1) is 43.6. The second-order valence-corrected chi connectivity index (χ2v) is 15.4. The van der Waals surface area contributed by atoms with Crippen molar-refractivity contribution < 1.29 is 23.8 Å². The Labute approximate surface area is 332 Å². The molecule has 0 spiro atoms. The maximum atomic E-state index is 13.0. The molecule has 0 saturated carbocycles. The van der Waals surface area contributed by atoms with Crippen molar-refractivity contribution in [2.75, 3.05) is 13.2 Å². The maximum Gasteiger partial charge on any atom is 0.343 e. The first-order valence-electron chi connectivity index (χ1n) is 21.7. The van der Waals surface area contributed by atoms with Gasteiger partial charge in [0.1, 0.15) is 11.5 Å². The zero-order valence-electron chi connectivity index (χ0n) is 34.3. The molecule has 4 aromatic carbocycles. The molecule has 0 aliphatic carbocycles. The average molecular weight is 749 g/mol. The molecular weight excluding hydrogens is 681 g/mol. The smallest absolute Gasteiger partial charge is 0.343 e. The summed E-state index contributed by atoms with van der Waals surface area (Å²) in [6.45, 7) is 7.55. The number of hydrogen-bond donors (Lipinski definition) is 0. The molecule has 0 bridgehead atoms. The number of benzene rings is 4. The quantitative estimate of drug-likeness (QED) is 0.0329. The molecule has 0 aliphatic heterocycles. The molecule has 0 amide bonds. The van der Waals surface area contributed by atoms with E-state index in [2.05, 4.69) is 26.0 Å². The van der Waals surface area contributed by atoms with Crippen LogP contribution in [-0.4, -0.2) is 25.2 Å². The third-order valence-corrected chi connectivity index (χ3v) is 10.7. The third-order valence-electron chi connectivity index (χ3n) is 10.7. The molecule has 4 aromatic rings. The van der Waals surface area contributed by atoms with Crippen LogP contribution in [0.1, 0.15) is 171 Å². The van der Waals surface area contributed by atoms with Crippen molar-refractivity contribution in [3.05, 3.63) is 96.1 Å². The average Bonchev–Trinajstić information content (AvgIpc) is 3.21. The standard InChI is InChI=1S/C50H68O5/c1-4-6-8-10-11-12-13-14-15-16-17-18-19-20-21-23-36-53-47-33-30-42(31-34-47)41-24-26-43(27-25-41)50(52)55-48-35-32-45-38-44(28-29-46(45)39-48)40(3)49(51)54-37-22-9-7-5-2/h24-35,38-40H,4-23,36-37H2,1-3H3/t40-/m0/s1. The second kappa shape index (κ2) is 25.9. The predicted molar refractivity (Wildman–Crippen MR) is 229 cm³/mol. The molecule has 0 radical (unpaired) electrons. The van der Waals surface area contributed by atoms with Gasteiger partial charge in [-0.3, -0.25) is 4.79 Å². The molecule has 55 heavy (non-hydrogen) atoms. The number of unbranched alkanes of at least 4 members (excludes halogenated alkanes) is 18. The van der Waals surface area contributed by atoms with Crippen molar-refractivity contribution in [3.63, 3.8) is 0 Å². The minimum absolute atomic E-state index is 0.200. The van der Waals surface area contributed by atoms with E-state index < -0.39 is 5.97 Å². The van der Waals surface area contributed by atoms with Crippen molar-refractivity contribution in [1.82, 2.24) is 0 Å². The van der Waals surface area contributed by atoms with Gasteiger partial charge in [0.15, 0.2) is 0 Å². The highest BCUT2D eigenvalue weighted by Gasteiger charge is 2.17. The molecule has 4 rings (SSSR count). The van der Waals surface area contributed by atoms with Crippen LogP contribution in [-0.2, 0) is 9.53 Å². The summed E-state index contributed by atoms with van der Waals surface area (Å²) >= 11 is 0. The number of hydrogen-bond acceptors (Lipinski definition) is 5. The Kier molecular flexibility index (Phi) is 20.5. The van der Waals surface area contributed by atoms with Gasteiger partial charge in [0.05, 0.1) is 24.7 Å². The molecule has 298 valence electrons. The summed E-state index contributed by atoms with van der Waals surface area (Å²) in [5.41, 5.74) is 3.48. The Bertz CT molecular complexity index is 1660. The number of esters is 2. The van der Waals surface area contributed by atoms with Gasteiger partial charge in [0.2, 0.25) is 0 Å². The zero-order chi connectivity index (χ0) is 38.9. The Morgan fingerprint density at radius 2 is 0.945 bits per heavy atom. The summed E-state index contributed by atoms with van der Waals surface area (Å²) in [5, 5.41) is 1.91. The molecule has 0 N–H and O–H groups in total. The largest absolute Gasteiger partial charge is 0.494 e. The van der Waals surface area contributed by atoms with Crippen LogP contribution in [0.3, 0.4) is 0 Å². The molecule has 0 heterocycles. The van der Waals surface area contributed by atoms with Crippen LogP contribution in [0.5, 0.6) is 11.5 Å². The number of fused-ring (bicyclic) bond motifs is 1. The Morgan fingerprint density at radius 1 is 0.491 bits per heavy atom. The normalized spacial score (nSPS) is 11.8. The Hall–Kier alpha value is -4.12. The van der Waals surface area contributed by atoms with Gasteiger partial charge >= 0.3 is 11.9 Å². The van der Waals surface area contributed by atoms with Crippen molar-refractivity contribution in [2.45, 2.75) is 155 Å². The third kappa shape index (κ3) is 16.3. The second-order valence-electron chi connectivity index (χ2n) is 15.4. The van der Waals surface area contributed by atoms with E-state index in [9.17, 15) is 9.59 Å². The van der Waals surface area contributed by atoms with E-state index in [0.29, 0.717) is 17.9 Å². The Morgan fingerprint density at radius 3 is 1.53 bits per heavy atom. The molecule has 0 aliphatic rings. The lowest BCUT2D eigenvalue weighted by Crippen LogP contribution is -2.14. The molecule has 0 fully saturated rings. The highest BCUT2D eigenvalue weighted by Crippen LogP contribution is 2.28. The van der Waals surface area contributed by atoms with E-state index in [4.69, 9.17) is 14.2 Å². The van der Waals surface area contributed by atoms with E-state index >= 15 is 0 Å². The minimum atomic E-state index is -0.407. The summed E-state index contributed by atoms with van der Waals surface area (Å²) in [6.07, 6.45) is 26.2. The van der Waals surface area contributed by atoms with E-state index in [-0.39, 0.29) is 11.9 Å². The maximum absolute atomic E-state index is 13.0. The van der Waals surface area contributed by atoms with Gasteiger partial charge in [-0.1, -0.05) is 178 Å². The van der Waals surface area contributed by atoms with Gasteiger partial charge in [-0.25, -0.2) is 4.79 Å². The van der Waals surface area contributed by atoms with Crippen LogP contribution in [0.4, 0.5) is 0 Å². The van der Waals surface area contributed by atoms with Crippen LogP contribution in [0.2, 0.25) is 0 Å². The van der Waals surface area contributed by atoms with Gasteiger partial charge in [-0.15, -0.1) is 0 Å². The zero-order valence-corrected chi connectivity index (χ0v) is 34.3. The summed E-state index contributed by atoms with van der Waals surface area (Å²) in [7, 11) is 0. The van der Waals surface area contributed by atoms with Crippen molar-refractivity contribution in [1.29, 1.82) is 0 Å². The van der Waals surface area contributed by atoms with Crippen LogP contribution < -0.4 is 9.47 Å². The predicted octanol–water partition coefficient (Wildman–Crippen LogP) is 14.6. The van der Waals surface area contributed by atoms with Crippen LogP contribution in [0, 0.1) is 0 Å². The van der Waals surface area contributed by atoms with Crippen LogP contribution >= 0.6 is 0 Å². The van der Waals surface area contributed by atoms with Gasteiger partial charge in [-0.2, -0.15) is 0 Å². The van der Waals surface area contributed by atoms with Crippen molar-refractivity contribution in [3.8, 4) is 22.6 Å². The molecule has 0 unspecified atom stereocenters. The van der Waals surface area contributed by atoms with Crippen LogP contribution in [0.15, 0.2) is 84.9 Å². The molecule has 0 aromatic heterocycles. The fourth-order valence-electron chi connectivity index (χ4n) is 7.09. The lowest BCUT2D eigenvalue weighted by molar-refractivity contribution is -0.145. The fraction of sp³-hybridized carbons (Fsp3) is 0.520. The molecule has 0 saturated heterocycles. The van der Waals surface area contributed by atoms with E-state index in [1.54, 1.807) is 18.2 Å². The first-order valence-corrected chi connectivity index (χ1v) is 21.7. The summed E-state index contributed by atoms with van der Waals surface area (Å²) in [4.78, 5) is 25.6. The molecule has 5 heteroatoms. The van der Waals surface area contributed by atoms with Crippen LogP contribution in [0.25, 0.3) is 21.9 Å². The van der Waals surface area contributed by atoms with Gasteiger partial charge in [0, 0.05) is 0 Å². The topological polar surface area (TPSA) is 61.8 Å². The van der Waals surface area contributed by atoms with E-state index in [0.717, 1.165) is 71.9 Å². The van der Waals surface area contributed by atoms with E-state index in [1.165, 1.54) is 96.3 Å². The first-order chi connectivity index (χ1) is 27.0. The fourth-order valence-corrected chi connectivity index (χ4v) is 7.09. The Balaban J connectivity index is 1.10. The molecule has 1 atom stereocenters. The number of carbonyl (C=O) groups is 2. The summed E-state index contributed by atoms with van der Waals surface area (Å²) in [6, 6.07) is 27.1. The van der Waals surface area contributed by atoms with Gasteiger partial charge < -0.3 is 14.2 Å². The lowest BCUT2D eigenvalue weighted by atomic mass is 9.98. The molecular formula is C50H68O5. The van der Waals surface area contributed by atoms with Crippen molar-refractivity contribution >= 4 is 22.7 Å². The van der Waals surface area contributed by atoms with E-state index in [1.807, 2.05) is 61.5 Å². The number of carbonyl (C=O) groups excluding carboxylic acids is 2. The number of rotatable bonds is 28. The van der Waals surface area contributed by atoms with Gasteiger partial charge in [0.25, 0.3) is 0 Å². The highest BCUT2D eigenvalue weighted by molar-refractivity contribution is 5.93. The number of ether oxygens (including phenoxy) is 3. The van der Waals surface area contributed by atoms with Crippen molar-refractivity contribution in [2.24, 2.45) is 0 Å².